The molecule has 0 radical (unpaired) electrons. The van der Waals surface area contributed by atoms with E-state index in [0.717, 1.165) is 0 Å². The zero-order valence-corrected chi connectivity index (χ0v) is 8.13. The molecule has 0 fully saturated rings. The lowest BCUT2D eigenvalue weighted by Crippen LogP contribution is -1.99. The first-order chi connectivity index (χ1) is 6.46. The van der Waals surface area contributed by atoms with Crippen LogP contribution in [0.4, 0.5) is 0 Å². The number of hydrogen-bond donors (Lipinski definition) is 0. The summed E-state index contributed by atoms with van der Waals surface area (Å²) in [5.74, 6) is 0. The molecule has 0 saturated heterocycles. The highest BCUT2D eigenvalue weighted by atomic mass is 31.1. The van der Waals surface area contributed by atoms with Gasteiger partial charge in [0.25, 0.3) is 31.7 Å². The van der Waals surface area contributed by atoms with Crippen molar-refractivity contribution in [3.05, 3.63) is 39.8 Å². The van der Waals surface area contributed by atoms with E-state index in [1.807, 2.05) is 0 Å². The fourth-order valence-electron chi connectivity index (χ4n) is 0.830. The van der Waals surface area contributed by atoms with Gasteiger partial charge in [0.1, 0.15) is 0 Å². The van der Waals surface area contributed by atoms with Crippen molar-refractivity contribution in [1.82, 2.24) is 0 Å². The summed E-state index contributed by atoms with van der Waals surface area (Å²) in [7, 11) is -4.32. The molecule has 0 amide bonds. The average Bonchev–Trinajstić information content (AvgIpc) is 2.92. The molecule has 2 aromatic rings. The van der Waals surface area contributed by atoms with Crippen LogP contribution in [0.15, 0.2) is 19.2 Å². The Kier molecular flexibility index (Phi) is 1.68. The maximum atomic E-state index is 11.0. The van der Waals surface area contributed by atoms with Gasteiger partial charge >= 0.3 is 0 Å². The molecule has 8 heteroatoms. The molecule has 0 spiro atoms. The predicted molar refractivity (Wildman–Crippen MR) is 49.4 cm³/mol. The van der Waals surface area contributed by atoms with Crippen molar-refractivity contribution in [2.75, 3.05) is 0 Å². The lowest BCUT2D eigenvalue weighted by Gasteiger charge is -1.81. The van der Waals surface area contributed by atoms with Gasteiger partial charge in [-0.15, -0.1) is 0 Å². The number of carbonyl (C=O) groups excluding carboxylic acids is 2. The molecule has 0 aliphatic carbocycles. The van der Waals surface area contributed by atoms with Crippen molar-refractivity contribution >= 4 is 26.1 Å². The van der Waals surface area contributed by atoms with Gasteiger partial charge in [0.15, 0.2) is 0 Å². The van der Waals surface area contributed by atoms with Crippen LogP contribution in [0.2, 0.25) is 0 Å². The summed E-state index contributed by atoms with van der Waals surface area (Å²) in [5, 5.41) is -3.41. The normalized spacial score (nSPS) is 11.1. The zero-order valence-electron chi connectivity index (χ0n) is 6.34. The van der Waals surface area contributed by atoms with Crippen LogP contribution in [0.3, 0.4) is 0 Å². The third-order valence-corrected chi connectivity index (χ3v) is 5.05. The van der Waals surface area contributed by atoms with Gasteiger partial charge in [0.05, 0.1) is 15.1 Å². The number of rotatable bonds is 3. The van der Waals surface area contributed by atoms with Gasteiger partial charge in [0.2, 0.25) is 0 Å². The summed E-state index contributed by atoms with van der Waals surface area (Å²) in [6.45, 7) is 0. The molecule has 0 bridgehead atoms. The minimum absolute atomic E-state index is 0.852. The Labute approximate surface area is 76.3 Å². The Morgan fingerprint density at radius 3 is 1.00 bits per heavy atom. The van der Waals surface area contributed by atoms with Crippen molar-refractivity contribution in [2.24, 2.45) is 0 Å². The molecule has 0 aromatic carbocycles. The van der Waals surface area contributed by atoms with E-state index in [1.54, 1.807) is 0 Å². The fraction of sp³-hybridized carbons (Fsp3) is 0. The highest BCUT2D eigenvalue weighted by Gasteiger charge is 2.37. The SMILES string of the molecule is O=C(C(=O)p1c(=O)c1=O)p1c(=O)c1=O. The summed E-state index contributed by atoms with van der Waals surface area (Å²) < 4.78 is 0. The van der Waals surface area contributed by atoms with Crippen molar-refractivity contribution in [3.8, 4) is 0 Å². The van der Waals surface area contributed by atoms with Crippen molar-refractivity contribution in [1.29, 1.82) is 0 Å². The zero-order chi connectivity index (χ0) is 10.6. The Morgan fingerprint density at radius 1 is 0.643 bits per heavy atom. The first-order valence-electron chi connectivity index (χ1n) is 3.32. The van der Waals surface area contributed by atoms with Gasteiger partial charge in [-0.2, -0.15) is 0 Å². The summed E-state index contributed by atoms with van der Waals surface area (Å²) in [6.07, 6.45) is 0. The smallest absolute Gasteiger partial charge is 0.259 e. The second kappa shape index (κ2) is 2.56. The third-order valence-electron chi connectivity index (χ3n) is 1.67. The Balaban J connectivity index is 2.37. The minimum atomic E-state index is -2.16. The Morgan fingerprint density at radius 2 is 0.857 bits per heavy atom. The van der Waals surface area contributed by atoms with Crippen LogP contribution in [-0.2, 0) is 0 Å². The van der Waals surface area contributed by atoms with Crippen molar-refractivity contribution in [3.63, 3.8) is 0 Å². The molecule has 70 valence electrons. The van der Waals surface area contributed by atoms with E-state index in [-0.39, 0.29) is 0 Å². The molecule has 0 N–H and O–H groups in total. The van der Waals surface area contributed by atoms with Crippen LogP contribution in [0.25, 0.3) is 0 Å². The van der Waals surface area contributed by atoms with E-state index >= 15 is 0 Å². The first-order valence-corrected chi connectivity index (χ1v) is 6.00. The molecule has 2 aromatic heterocycles. The number of carbonyl (C=O) groups is 2. The number of hydrogen-bond acceptors (Lipinski definition) is 6. The minimum Gasteiger partial charge on any atom is -0.280 e. The van der Waals surface area contributed by atoms with Crippen molar-refractivity contribution in [2.45, 2.75) is 0 Å². The molecule has 0 atom stereocenters. The fourth-order valence-corrected chi connectivity index (χ4v) is 3.39. The highest BCUT2D eigenvalue weighted by molar-refractivity contribution is 7.84. The summed E-state index contributed by atoms with van der Waals surface area (Å²) in [6, 6.07) is 0. The topological polar surface area (TPSA) is 102 Å². The Bertz CT molecular complexity index is 586. The van der Waals surface area contributed by atoms with Gasteiger partial charge in [-0.05, 0) is 0 Å². The molecule has 2 heterocycles. The second-order valence-corrected chi connectivity index (χ2v) is 6.28. The largest absolute Gasteiger partial charge is 0.280 e. The third kappa shape index (κ3) is 1.05. The quantitative estimate of drug-likeness (QED) is 0.615. The van der Waals surface area contributed by atoms with E-state index in [9.17, 15) is 28.8 Å². The average molecular weight is 230 g/mol. The van der Waals surface area contributed by atoms with Gasteiger partial charge in [-0.25, -0.2) is 0 Å². The van der Waals surface area contributed by atoms with Gasteiger partial charge in [-0.3, -0.25) is 28.8 Å². The van der Waals surface area contributed by atoms with Crippen LogP contribution in [0.1, 0.15) is 9.59 Å². The monoisotopic (exact) mass is 230 g/mol. The van der Waals surface area contributed by atoms with Crippen LogP contribution >= 0.6 is 15.1 Å². The van der Waals surface area contributed by atoms with Gasteiger partial charge in [0, 0.05) is 0 Å². The lowest BCUT2D eigenvalue weighted by atomic mass is 10.9. The van der Waals surface area contributed by atoms with Crippen LogP contribution in [0, 0.1) is 0 Å². The van der Waals surface area contributed by atoms with Crippen molar-refractivity contribution < 1.29 is 9.59 Å². The van der Waals surface area contributed by atoms with Gasteiger partial charge < -0.3 is 0 Å². The summed E-state index contributed by atoms with van der Waals surface area (Å²) >= 11 is 0. The molecular formula is C6O6P2. The van der Waals surface area contributed by atoms with Crippen LogP contribution < -0.4 is 20.6 Å². The van der Waals surface area contributed by atoms with E-state index in [4.69, 9.17) is 0 Å². The van der Waals surface area contributed by atoms with Crippen LogP contribution in [-0.4, -0.2) is 11.0 Å². The molecule has 0 saturated carbocycles. The molecule has 14 heavy (non-hydrogen) atoms. The second-order valence-electron chi connectivity index (χ2n) is 2.50. The summed E-state index contributed by atoms with van der Waals surface area (Å²) in [4.78, 5) is 64.1. The summed E-state index contributed by atoms with van der Waals surface area (Å²) in [5.41, 5.74) is -2.28. The Hall–Kier alpha value is -1.38. The predicted octanol–water partition coefficient (Wildman–Crippen LogP) is -1.17. The standard InChI is InChI=1S/C6O6P2/c7-1-2(8)13(1)5(11)6(12)14-3(9)4(14)10. The lowest BCUT2D eigenvalue weighted by molar-refractivity contribution is 0.0881. The highest BCUT2D eigenvalue weighted by Crippen LogP contribution is 2.28. The van der Waals surface area contributed by atoms with E-state index < -0.39 is 46.8 Å². The molecule has 2 rings (SSSR count). The maximum Gasteiger partial charge on any atom is 0.259 e. The molecule has 0 aliphatic rings. The molecule has 6 nitrogen and oxygen atoms in total. The molecule has 0 aliphatic heterocycles. The first kappa shape index (κ1) is 9.19. The van der Waals surface area contributed by atoms with E-state index in [0.29, 0.717) is 0 Å². The van der Waals surface area contributed by atoms with Crippen LogP contribution in [0.5, 0.6) is 0 Å². The molecular weight excluding hydrogens is 230 g/mol. The maximum absolute atomic E-state index is 11.0. The van der Waals surface area contributed by atoms with E-state index in [1.165, 1.54) is 0 Å². The van der Waals surface area contributed by atoms with Gasteiger partial charge in [-0.1, -0.05) is 0 Å². The molecule has 0 unspecified atom stereocenters. The van der Waals surface area contributed by atoms with E-state index in [2.05, 4.69) is 0 Å².